The number of hydrogen-bond donors (Lipinski definition) is 1. The number of halogens is 1. The predicted octanol–water partition coefficient (Wildman–Crippen LogP) is 5.12. The van der Waals surface area contributed by atoms with Crippen molar-refractivity contribution in [2.45, 2.75) is 0 Å². The quantitative estimate of drug-likeness (QED) is 0.480. The van der Waals surface area contributed by atoms with Gasteiger partial charge in [-0.1, -0.05) is 58.4 Å². The minimum absolute atomic E-state index is 0.0328. The Bertz CT molecular complexity index is 974. The first-order valence-electron chi connectivity index (χ1n) is 7.35. The van der Waals surface area contributed by atoms with E-state index in [1.165, 1.54) is 11.3 Å². The van der Waals surface area contributed by atoms with Gasteiger partial charge >= 0.3 is 0 Å². The first kappa shape index (κ1) is 17.1. The lowest BCUT2D eigenvalue weighted by Gasteiger charge is -2.01. The molecule has 0 fully saturated rings. The van der Waals surface area contributed by atoms with E-state index in [1.807, 2.05) is 66.0 Å². The van der Waals surface area contributed by atoms with E-state index in [0.29, 0.717) is 5.13 Å². The Labute approximate surface area is 157 Å². The van der Waals surface area contributed by atoms with Gasteiger partial charge in [0.15, 0.2) is 5.13 Å². The third-order valence-corrected chi connectivity index (χ3v) is 4.57. The highest BCUT2D eigenvalue weighted by Crippen LogP contribution is 2.27. The molecule has 0 saturated heterocycles. The predicted molar refractivity (Wildman–Crippen MR) is 104 cm³/mol. The molecule has 4 nitrogen and oxygen atoms in total. The van der Waals surface area contributed by atoms with Gasteiger partial charge in [-0.3, -0.25) is 10.1 Å². The first-order valence-corrected chi connectivity index (χ1v) is 9.02. The van der Waals surface area contributed by atoms with Gasteiger partial charge in [-0.25, -0.2) is 4.98 Å². The van der Waals surface area contributed by atoms with Crippen LogP contribution in [0.1, 0.15) is 5.56 Å². The molecule has 1 N–H and O–H groups in total. The van der Waals surface area contributed by atoms with E-state index >= 15 is 0 Å². The second kappa shape index (κ2) is 7.88. The molecule has 0 aliphatic heterocycles. The summed E-state index contributed by atoms with van der Waals surface area (Å²) in [6.45, 7) is 0. The highest BCUT2D eigenvalue weighted by atomic mass is 79.9. The van der Waals surface area contributed by atoms with Crippen molar-refractivity contribution in [3.63, 3.8) is 0 Å². The van der Waals surface area contributed by atoms with E-state index in [9.17, 15) is 10.1 Å². The molecule has 6 heteroatoms. The van der Waals surface area contributed by atoms with Gasteiger partial charge in [0.1, 0.15) is 11.6 Å². The number of nitrogens with zero attached hydrogens (tertiary/aromatic N) is 2. The molecule has 1 amide bonds. The highest BCUT2D eigenvalue weighted by Gasteiger charge is 2.12. The largest absolute Gasteiger partial charge is 0.297 e. The van der Waals surface area contributed by atoms with Gasteiger partial charge in [0.2, 0.25) is 0 Å². The summed E-state index contributed by atoms with van der Waals surface area (Å²) in [6.07, 6.45) is 1.55. The lowest BCUT2D eigenvalue weighted by molar-refractivity contribution is -0.112. The molecule has 0 radical (unpaired) electrons. The molecule has 0 unspecified atom stereocenters. The van der Waals surface area contributed by atoms with E-state index < -0.39 is 5.91 Å². The zero-order chi connectivity index (χ0) is 17.6. The van der Waals surface area contributed by atoms with E-state index in [2.05, 4.69) is 26.2 Å². The van der Waals surface area contributed by atoms with Gasteiger partial charge in [0.25, 0.3) is 5.91 Å². The molecule has 2 aromatic carbocycles. The van der Waals surface area contributed by atoms with Crippen molar-refractivity contribution in [1.82, 2.24) is 4.98 Å². The van der Waals surface area contributed by atoms with Crippen LogP contribution in [-0.2, 0) is 4.79 Å². The number of amides is 1. The fraction of sp³-hybridized carbons (Fsp3) is 0. The number of hydrogen-bond acceptors (Lipinski definition) is 4. The Morgan fingerprint density at radius 2 is 2.00 bits per heavy atom. The summed E-state index contributed by atoms with van der Waals surface area (Å²) < 4.78 is 0.959. The Morgan fingerprint density at radius 1 is 1.20 bits per heavy atom. The molecular weight excluding hydrogens is 398 g/mol. The topological polar surface area (TPSA) is 65.8 Å². The van der Waals surface area contributed by atoms with Crippen LogP contribution in [0.25, 0.3) is 17.3 Å². The van der Waals surface area contributed by atoms with Gasteiger partial charge in [0, 0.05) is 15.4 Å². The lowest BCUT2D eigenvalue weighted by atomic mass is 10.1. The fourth-order valence-electron chi connectivity index (χ4n) is 2.14. The highest BCUT2D eigenvalue weighted by molar-refractivity contribution is 9.10. The third-order valence-electron chi connectivity index (χ3n) is 3.32. The average Bonchev–Trinajstić information content (AvgIpc) is 3.09. The Morgan fingerprint density at radius 3 is 2.72 bits per heavy atom. The number of nitrogens with one attached hydrogen (secondary N) is 1. The molecule has 1 heterocycles. The number of carbonyl (C=O) groups is 1. The van der Waals surface area contributed by atoms with Gasteiger partial charge in [0.05, 0.1) is 5.69 Å². The summed E-state index contributed by atoms with van der Waals surface area (Å²) in [5.74, 6) is -0.471. The Hall–Kier alpha value is -2.75. The van der Waals surface area contributed by atoms with Crippen LogP contribution in [0.2, 0.25) is 0 Å². The minimum atomic E-state index is -0.471. The number of anilines is 1. The zero-order valence-electron chi connectivity index (χ0n) is 12.9. The maximum absolute atomic E-state index is 12.3. The van der Waals surface area contributed by atoms with Crippen LogP contribution >= 0.6 is 27.3 Å². The molecule has 1 aromatic heterocycles. The van der Waals surface area contributed by atoms with Gasteiger partial charge < -0.3 is 0 Å². The normalized spacial score (nSPS) is 11.0. The number of aromatic nitrogens is 1. The van der Waals surface area contributed by atoms with Crippen molar-refractivity contribution >= 4 is 44.4 Å². The van der Waals surface area contributed by atoms with Crippen molar-refractivity contribution in [3.8, 4) is 17.3 Å². The molecule has 0 saturated carbocycles. The molecule has 0 bridgehead atoms. The van der Waals surface area contributed by atoms with E-state index in [4.69, 9.17) is 0 Å². The van der Waals surface area contributed by atoms with Gasteiger partial charge in [-0.05, 0) is 23.8 Å². The molecule has 122 valence electrons. The summed E-state index contributed by atoms with van der Waals surface area (Å²) in [6, 6.07) is 18.9. The second-order valence-corrected chi connectivity index (χ2v) is 6.86. The van der Waals surface area contributed by atoms with E-state index in [0.717, 1.165) is 21.3 Å². The molecule has 3 aromatic rings. The maximum Gasteiger partial charge on any atom is 0.268 e. The molecule has 25 heavy (non-hydrogen) atoms. The van der Waals surface area contributed by atoms with Crippen molar-refractivity contribution in [1.29, 1.82) is 5.26 Å². The monoisotopic (exact) mass is 409 g/mol. The molecule has 3 rings (SSSR count). The summed E-state index contributed by atoms with van der Waals surface area (Å²) in [5.41, 5.74) is 2.55. The fourth-order valence-corrected chi connectivity index (χ4v) is 3.25. The molecule has 0 aliphatic carbocycles. The third kappa shape index (κ3) is 4.41. The average molecular weight is 410 g/mol. The van der Waals surface area contributed by atoms with Crippen LogP contribution in [0.4, 0.5) is 5.13 Å². The number of rotatable bonds is 4. The number of thiazole rings is 1. The number of nitriles is 1. The zero-order valence-corrected chi connectivity index (χ0v) is 15.3. The SMILES string of the molecule is N#C/C(=C\c1ccccc1)C(=O)Nc1nc(-c2cccc(Br)c2)cs1. The first-order chi connectivity index (χ1) is 12.2. The minimum Gasteiger partial charge on any atom is -0.297 e. The summed E-state index contributed by atoms with van der Waals surface area (Å²) in [5, 5.41) is 14.3. The smallest absolute Gasteiger partial charge is 0.268 e. The van der Waals surface area contributed by atoms with Gasteiger partial charge in [-0.15, -0.1) is 11.3 Å². The van der Waals surface area contributed by atoms with Crippen LogP contribution in [0.3, 0.4) is 0 Å². The van der Waals surface area contributed by atoms with Crippen LogP contribution in [0, 0.1) is 11.3 Å². The van der Waals surface area contributed by atoms with Gasteiger partial charge in [-0.2, -0.15) is 5.26 Å². The second-order valence-electron chi connectivity index (χ2n) is 5.08. The van der Waals surface area contributed by atoms with E-state index in [1.54, 1.807) is 6.08 Å². The van der Waals surface area contributed by atoms with Crippen molar-refractivity contribution in [2.24, 2.45) is 0 Å². The Kier molecular flexibility index (Phi) is 5.39. The lowest BCUT2D eigenvalue weighted by Crippen LogP contribution is -2.13. The summed E-state index contributed by atoms with van der Waals surface area (Å²) >= 11 is 4.75. The van der Waals surface area contributed by atoms with Crippen molar-refractivity contribution < 1.29 is 4.79 Å². The van der Waals surface area contributed by atoms with Crippen LogP contribution in [0.5, 0.6) is 0 Å². The number of carbonyl (C=O) groups excluding carboxylic acids is 1. The summed E-state index contributed by atoms with van der Waals surface area (Å²) in [7, 11) is 0. The summed E-state index contributed by atoms with van der Waals surface area (Å²) in [4.78, 5) is 16.7. The maximum atomic E-state index is 12.3. The van der Waals surface area contributed by atoms with Crippen LogP contribution < -0.4 is 5.32 Å². The van der Waals surface area contributed by atoms with E-state index in [-0.39, 0.29) is 5.57 Å². The number of benzene rings is 2. The molecular formula is C19H12BrN3OS. The molecule has 0 aliphatic rings. The standard InChI is InChI=1S/C19H12BrN3OS/c20-16-8-4-7-14(10-16)17-12-25-19(22-17)23-18(24)15(11-21)9-13-5-2-1-3-6-13/h1-10,12H,(H,22,23,24)/b15-9+. The Balaban J connectivity index is 1.77. The van der Waals surface area contributed by atoms with Crippen molar-refractivity contribution in [3.05, 3.63) is 75.6 Å². The molecule has 0 spiro atoms. The van der Waals surface area contributed by atoms with Crippen molar-refractivity contribution in [2.75, 3.05) is 5.32 Å². The molecule has 0 atom stereocenters. The van der Waals surface area contributed by atoms with Crippen LogP contribution in [0.15, 0.2) is 70.0 Å². The van der Waals surface area contributed by atoms with Crippen LogP contribution in [-0.4, -0.2) is 10.9 Å².